The third kappa shape index (κ3) is 3.37. The van der Waals surface area contributed by atoms with Gasteiger partial charge in [0.25, 0.3) is 5.91 Å². The second-order valence-corrected chi connectivity index (χ2v) is 6.06. The Morgan fingerprint density at radius 3 is 2.73 bits per heavy atom. The summed E-state index contributed by atoms with van der Waals surface area (Å²) in [6.07, 6.45) is -1.12. The van der Waals surface area contributed by atoms with E-state index in [0.29, 0.717) is 11.4 Å². The molecule has 1 aliphatic heterocycles. The molecule has 2 N–H and O–H groups in total. The van der Waals surface area contributed by atoms with E-state index in [4.69, 9.17) is 4.74 Å². The van der Waals surface area contributed by atoms with Crippen LogP contribution in [-0.4, -0.2) is 35.5 Å². The number of benzene rings is 2. The molecule has 0 fully saturated rings. The number of phenolic OH excluding ortho intramolecular Hbond substituents is 1. The summed E-state index contributed by atoms with van der Waals surface area (Å²) >= 11 is 0. The third-order valence-electron chi connectivity index (χ3n) is 4.04. The standard InChI is InChI=1S/C19H18N2O5/c1-11-7-8-16(22)13(9-11)19(25)26-12(2)18(24)21-10-17(23)20-14-5-3-4-6-15(14)21/h3-9,12,22H,10H2,1-2H3,(H,20,23)/t12-/m1/s1. The third-order valence-corrected chi connectivity index (χ3v) is 4.04. The lowest BCUT2D eigenvalue weighted by molar-refractivity contribution is -0.128. The molecule has 0 aromatic heterocycles. The number of phenols is 1. The van der Waals surface area contributed by atoms with Gasteiger partial charge in [-0.15, -0.1) is 0 Å². The maximum atomic E-state index is 12.7. The number of aryl methyl sites for hydroxylation is 1. The first-order valence-corrected chi connectivity index (χ1v) is 8.07. The first kappa shape index (κ1) is 17.5. The number of carbonyl (C=O) groups excluding carboxylic acids is 3. The molecule has 0 saturated carbocycles. The van der Waals surface area contributed by atoms with Crippen LogP contribution < -0.4 is 10.2 Å². The molecule has 1 heterocycles. The fraction of sp³-hybridized carbons (Fsp3) is 0.211. The predicted molar refractivity (Wildman–Crippen MR) is 95.1 cm³/mol. The maximum Gasteiger partial charge on any atom is 0.342 e. The highest BCUT2D eigenvalue weighted by atomic mass is 16.5. The molecule has 2 amide bonds. The van der Waals surface area contributed by atoms with Crippen LogP contribution in [0.5, 0.6) is 5.75 Å². The zero-order valence-corrected chi connectivity index (χ0v) is 14.4. The average molecular weight is 354 g/mol. The van der Waals surface area contributed by atoms with E-state index < -0.39 is 18.0 Å². The van der Waals surface area contributed by atoms with E-state index in [1.54, 1.807) is 37.3 Å². The van der Waals surface area contributed by atoms with Crippen molar-refractivity contribution in [3.05, 3.63) is 53.6 Å². The highest BCUT2D eigenvalue weighted by molar-refractivity contribution is 6.11. The molecule has 1 atom stereocenters. The van der Waals surface area contributed by atoms with E-state index in [2.05, 4.69) is 5.32 Å². The first-order valence-electron chi connectivity index (χ1n) is 8.07. The fourth-order valence-corrected chi connectivity index (χ4v) is 2.74. The number of esters is 1. The fourth-order valence-electron chi connectivity index (χ4n) is 2.74. The molecular formula is C19H18N2O5. The number of hydrogen-bond donors (Lipinski definition) is 2. The zero-order valence-electron chi connectivity index (χ0n) is 14.4. The Morgan fingerprint density at radius 1 is 1.23 bits per heavy atom. The highest BCUT2D eigenvalue weighted by Crippen LogP contribution is 2.29. The Balaban J connectivity index is 1.79. The second kappa shape index (κ2) is 6.87. The van der Waals surface area contributed by atoms with Crippen molar-refractivity contribution in [1.29, 1.82) is 0 Å². The van der Waals surface area contributed by atoms with Crippen molar-refractivity contribution < 1.29 is 24.2 Å². The van der Waals surface area contributed by atoms with Crippen LogP contribution in [0.4, 0.5) is 11.4 Å². The van der Waals surface area contributed by atoms with Gasteiger partial charge in [-0.2, -0.15) is 0 Å². The predicted octanol–water partition coefficient (Wildman–Crippen LogP) is 2.23. The van der Waals surface area contributed by atoms with Gasteiger partial charge in [0.2, 0.25) is 5.91 Å². The van der Waals surface area contributed by atoms with Crippen molar-refractivity contribution in [2.45, 2.75) is 20.0 Å². The van der Waals surface area contributed by atoms with Gasteiger partial charge in [0.05, 0.1) is 11.4 Å². The number of ether oxygens (including phenoxy) is 1. The molecule has 0 bridgehead atoms. The molecule has 134 valence electrons. The summed E-state index contributed by atoms with van der Waals surface area (Å²) in [4.78, 5) is 38.1. The van der Waals surface area contributed by atoms with Crippen LogP contribution in [0.3, 0.4) is 0 Å². The van der Waals surface area contributed by atoms with E-state index >= 15 is 0 Å². The normalized spacial score (nSPS) is 14.2. The molecule has 2 aromatic carbocycles. The molecule has 0 unspecified atom stereocenters. The van der Waals surface area contributed by atoms with Crippen LogP contribution in [0.2, 0.25) is 0 Å². The number of anilines is 2. The van der Waals surface area contributed by atoms with Crippen LogP contribution in [0.15, 0.2) is 42.5 Å². The molecule has 7 heteroatoms. The van der Waals surface area contributed by atoms with Crippen molar-refractivity contribution in [2.75, 3.05) is 16.8 Å². The summed E-state index contributed by atoms with van der Waals surface area (Å²) < 4.78 is 5.22. The SMILES string of the molecule is Cc1ccc(O)c(C(=O)O[C@H](C)C(=O)N2CC(=O)Nc3ccccc32)c1. The van der Waals surface area contributed by atoms with Crippen molar-refractivity contribution in [3.63, 3.8) is 0 Å². The van der Waals surface area contributed by atoms with E-state index in [-0.39, 0.29) is 23.8 Å². The van der Waals surface area contributed by atoms with Crippen LogP contribution in [-0.2, 0) is 14.3 Å². The topological polar surface area (TPSA) is 95.9 Å². The summed E-state index contributed by atoms with van der Waals surface area (Å²) in [6, 6.07) is 11.4. The summed E-state index contributed by atoms with van der Waals surface area (Å²) in [7, 11) is 0. The lowest BCUT2D eigenvalue weighted by Crippen LogP contribution is -2.47. The summed E-state index contributed by atoms with van der Waals surface area (Å²) in [5.74, 6) is -1.87. The molecule has 7 nitrogen and oxygen atoms in total. The molecule has 26 heavy (non-hydrogen) atoms. The minimum atomic E-state index is -1.12. The van der Waals surface area contributed by atoms with Gasteiger partial charge in [0.1, 0.15) is 17.9 Å². The van der Waals surface area contributed by atoms with Gasteiger partial charge in [-0.3, -0.25) is 14.5 Å². The number of nitrogens with one attached hydrogen (secondary N) is 1. The summed E-state index contributed by atoms with van der Waals surface area (Å²) in [6.45, 7) is 3.05. The Bertz CT molecular complexity index is 893. The molecule has 0 spiro atoms. The van der Waals surface area contributed by atoms with Crippen LogP contribution in [0, 0.1) is 6.92 Å². The van der Waals surface area contributed by atoms with E-state index in [1.165, 1.54) is 24.0 Å². The number of aromatic hydroxyl groups is 1. The van der Waals surface area contributed by atoms with E-state index in [1.807, 2.05) is 0 Å². The quantitative estimate of drug-likeness (QED) is 0.824. The second-order valence-electron chi connectivity index (χ2n) is 6.06. The van der Waals surface area contributed by atoms with Gasteiger partial charge in [-0.05, 0) is 38.1 Å². The number of rotatable bonds is 3. The van der Waals surface area contributed by atoms with Crippen LogP contribution in [0.1, 0.15) is 22.8 Å². The number of fused-ring (bicyclic) bond motifs is 1. The van der Waals surface area contributed by atoms with Gasteiger partial charge in [0.15, 0.2) is 6.10 Å². The lowest BCUT2D eigenvalue weighted by Gasteiger charge is -2.30. The monoisotopic (exact) mass is 354 g/mol. The molecule has 1 aliphatic rings. The molecule has 2 aromatic rings. The average Bonchev–Trinajstić information content (AvgIpc) is 2.62. The minimum Gasteiger partial charge on any atom is -0.507 e. The number of hydrogen-bond acceptors (Lipinski definition) is 5. The van der Waals surface area contributed by atoms with Crippen molar-refractivity contribution >= 4 is 29.2 Å². The Hall–Kier alpha value is -3.35. The van der Waals surface area contributed by atoms with Gasteiger partial charge >= 0.3 is 5.97 Å². The molecule has 0 saturated heterocycles. The van der Waals surface area contributed by atoms with Gasteiger partial charge in [-0.1, -0.05) is 23.8 Å². The summed E-state index contributed by atoms with van der Waals surface area (Å²) in [5, 5.41) is 12.5. The lowest BCUT2D eigenvalue weighted by atomic mass is 10.1. The van der Waals surface area contributed by atoms with Crippen molar-refractivity contribution in [3.8, 4) is 5.75 Å². The van der Waals surface area contributed by atoms with Crippen LogP contribution >= 0.6 is 0 Å². The number of carbonyl (C=O) groups is 3. The van der Waals surface area contributed by atoms with Gasteiger partial charge in [0, 0.05) is 0 Å². The van der Waals surface area contributed by atoms with Gasteiger partial charge < -0.3 is 15.2 Å². The largest absolute Gasteiger partial charge is 0.507 e. The van der Waals surface area contributed by atoms with Crippen molar-refractivity contribution in [1.82, 2.24) is 0 Å². The smallest absolute Gasteiger partial charge is 0.342 e. The van der Waals surface area contributed by atoms with Gasteiger partial charge in [-0.25, -0.2) is 4.79 Å². The Labute approximate surface area is 150 Å². The Kier molecular flexibility index (Phi) is 4.62. The zero-order chi connectivity index (χ0) is 18.8. The maximum absolute atomic E-state index is 12.7. The molecule has 3 rings (SSSR count). The van der Waals surface area contributed by atoms with Crippen LogP contribution in [0.25, 0.3) is 0 Å². The van der Waals surface area contributed by atoms with Crippen molar-refractivity contribution in [2.24, 2.45) is 0 Å². The summed E-state index contributed by atoms with van der Waals surface area (Å²) in [5.41, 5.74) is 1.82. The molecule has 0 aliphatic carbocycles. The first-order chi connectivity index (χ1) is 12.4. The molecule has 0 radical (unpaired) electrons. The Morgan fingerprint density at radius 2 is 1.96 bits per heavy atom. The number of nitrogens with zero attached hydrogens (tertiary/aromatic N) is 1. The molecular weight excluding hydrogens is 336 g/mol. The van der Waals surface area contributed by atoms with E-state index in [9.17, 15) is 19.5 Å². The minimum absolute atomic E-state index is 0.0126. The number of amides is 2. The number of para-hydroxylation sites is 2. The highest BCUT2D eigenvalue weighted by Gasteiger charge is 2.31. The van der Waals surface area contributed by atoms with E-state index in [0.717, 1.165) is 5.56 Å².